The number of benzene rings is 1. The van der Waals surface area contributed by atoms with Gasteiger partial charge >= 0.3 is 0 Å². The number of pyridine rings is 1. The summed E-state index contributed by atoms with van der Waals surface area (Å²) in [4.78, 5) is 3.98. The fourth-order valence-corrected chi connectivity index (χ4v) is 1.98. The molecule has 1 aromatic heterocycles. The number of aryl methyl sites for hydroxylation is 1. The first-order chi connectivity index (χ1) is 9.11. The van der Waals surface area contributed by atoms with E-state index in [1.807, 2.05) is 13.8 Å². The Hall–Kier alpha value is -2.10. The van der Waals surface area contributed by atoms with Crippen LogP contribution in [0.2, 0.25) is 0 Å². The van der Waals surface area contributed by atoms with Gasteiger partial charge in [-0.25, -0.2) is 9.37 Å². The molecule has 3 nitrogen and oxygen atoms in total. The summed E-state index contributed by atoms with van der Waals surface area (Å²) in [6, 6.07) is 8.24. The molecule has 2 N–H and O–H groups in total. The Morgan fingerprint density at radius 2 is 2.16 bits per heavy atom. The number of ether oxygens (including phenoxy) is 1. The van der Waals surface area contributed by atoms with Crippen molar-refractivity contribution in [1.82, 2.24) is 4.98 Å². The van der Waals surface area contributed by atoms with Gasteiger partial charge in [0.05, 0.1) is 0 Å². The Labute approximate surface area is 112 Å². The van der Waals surface area contributed by atoms with Crippen LogP contribution < -0.4 is 10.5 Å². The Kier molecular flexibility index (Phi) is 4.00. The van der Waals surface area contributed by atoms with E-state index in [2.05, 4.69) is 4.98 Å². The molecule has 0 aliphatic rings. The summed E-state index contributed by atoms with van der Waals surface area (Å²) >= 11 is 0. The Bertz CT molecular complexity index is 572. The molecule has 0 bridgehead atoms. The second-order valence-corrected chi connectivity index (χ2v) is 4.40. The number of rotatable bonds is 4. The van der Waals surface area contributed by atoms with Crippen LogP contribution in [0, 0.1) is 12.7 Å². The number of nitrogens with zero attached hydrogens (tertiary/aromatic N) is 1. The first-order valence-corrected chi connectivity index (χ1v) is 6.25. The molecule has 0 radical (unpaired) electrons. The number of halogens is 1. The van der Waals surface area contributed by atoms with Crippen molar-refractivity contribution in [3.05, 3.63) is 53.5 Å². The van der Waals surface area contributed by atoms with Crippen LogP contribution in [-0.2, 0) is 0 Å². The molecule has 2 aromatic rings. The van der Waals surface area contributed by atoms with E-state index in [9.17, 15) is 4.39 Å². The highest BCUT2D eigenvalue weighted by Gasteiger charge is 2.16. The van der Waals surface area contributed by atoms with Gasteiger partial charge in [-0.15, -0.1) is 0 Å². The zero-order valence-corrected chi connectivity index (χ0v) is 11.1. The predicted molar refractivity (Wildman–Crippen MR) is 73.4 cm³/mol. The largest absolute Gasteiger partial charge is 0.482 e. The van der Waals surface area contributed by atoms with Crippen molar-refractivity contribution in [2.24, 2.45) is 0 Å². The van der Waals surface area contributed by atoms with E-state index in [-0.39, 0.29) is 11.9 Å². The van der Waals surface area contributed by atoms with Crippen molar-refractivity contribution >= 4 is 5.82 Å². The van der Waals surface area contributed by atoms with Crippen molar-refractivity contribution in [3.8, 4) is 5.75 Å². The molecule has 0 spiro atoms. The van der Waals surface area contributed by atoms with Gasteiger partial charge < -0.3 is 10.5 Å². The molecule has 0 amide bonds. The lowest BCUT2D eigenvalue weighted by molar-refractivity contribution is 0.201. The Balaban J connectivity index is 2.30. The average Bonchev–Trinajstić information content (AvgIpc) is 2.41. The monoisotopic (exact) mass is 260 g/mol. The van der Waals surface area contributed by atoms with E-state index >= 15 is 0 Å². The molecule has 1 heterocycles. The van der Waals surface area contributed by atoms with Crippen molar-refractivity contribution in [2.45, 2.75) is 26.4 Å². The molecule has 100 valence electrons. The minimum absolute atomic E-state index is 0.234. The van der Waals surface area contributed by atoms with Gasteiger partial charge in [0.1, 0.15) is 11.9 Å². The molecular formula is C15H17FN2O. The van der Waals surface area contributed by atoms with Gasteiger partial charge in [0.2, 0.25) is 0 Å². The van der Waals surface area contributed by atoms with E-state index in [1.54, 1.807) is 24.4 Å². The van der Waals surface area contributed by atoms with Crippen molar-refractivity contribution in [3.63, 3.8) is 0 Å². The molecule has 4 heteroatoms. The lowest BCUT2D eigenvalue weighted by Gasteiger charge is -2.20. The fourth-order valence-electron chi connectivity index (χ4n) is 1.98. The summed E-state index contributed by atoms with van der Waals surface area (Å²) in [6.07, 6.45) is 2.09. The van der Waals surface area contributed by atoms with Crippen LogP contribution in [0.1, 0.15) is 30.6 Å². The van der Waals surface area contributed by atoms with Crippen LogP contribution in [0.25, 0.3) is 0 Å². The molecule has 1 unspecified atom stereocenters. The van der Waals surface area contributed by atoms with Crippen LogP contribution >= 0.6 is 0 Å². The number of hydrogen-bond donors (Lipinski definition) is 1. The standard InChI is InChI=1S/C15H17FN2O/c1-3-13(12-9-11(16)7-6-10(12)2)19-14-5-4-8-18-15(14)17/h4-9,13H,3H2,1-2H3,(H2,17,18). The average molecular weight is 260 g/mol. The van der Waals surface area contributed by atoms with E-state index in [0.29, 0.717) is 11.6 Å². The lowest BCUT2D eigenvalue weighted by Crippen LogP contribution is -2.10. The number of nitrogen functional groups attached to an aromatic ring is 1. The highest BCUT2D eigenvalue weighted by atomic mass is 19.1. The number of nitrogens with two attached hydrogens (primary N) is 1. The zero-order chi connectivity index (χ0) is 13.8. The molecule has 0 aliphatic carbocycles. The van der Waals surface area contributed by atoms with Crippen LogP contribution in [0.4, 0.5) is 10.2 Å². The second kappa shape index (κ2) is 5.69. The van der Waals surface area contributed by atoms with Crippen LogP contribution in [0.3, 0.4) is 0 Å². The third-order valence-corrected chi connectivity index (χ3v) is 3.03. The minimum atomic E-state index is -0.262. The maximum Gasteiger partial charge on any atom is 0.166 e. The molecule has 1 atom stereocenters. The van der Waals surface area contributed by atoms with Gasteiger partial charge in [-0.3, -0.25) is 0 Å². The normalized spacial score (nSPS) is 12.2. The highest BCUT2D eigenvalue weighted by Crippen LogP contribution is 2.29. The first kappa shape index (κ1) is 13.3. The first-order valence-electron chi connectivity index (χ1n) is 6.25. The maximum atomic E-state index is 13.4. The Morgan fingerprint density at radius 1 is 1.37 bits per heavy atom. The number of anilines is 1. The van der Waals surface area contributed by atoms with Crippen LogP contribution in [0.5, 0.6) is 5.75 Å². The van der Waals surface area contributed by atoms with E-state index in [4.69, 9.17) is 10.5 Å². The zero-order valence-electron chi connectivity index (χ0n) is 11.1. The SMILES string of the molecule is CCC(Oc1cccnc1N)c1cc(F)ccc1C. The quantitative estimate of drug-likeness (QED) is 0.913. The Morgan fingerprint density at radius 3 is 2.84 bits per heavy atom. The molecule has 0 saturated carbocycles. The van der Waals surface area contributed by atoms with E-state index < -0.39 is 0 Å². The molecule has 1 aromatic carbocycles. The molecule has 19 heavy (non-hydrogen) atoms. The minimum Gasteiger partial charge on any atom is -0.482 e. The summed E-state index contributed by atoms with van der Waals surface area (Å²) in [5, 5.41) is 0. The molecular weight excluding hydrogens is 243 g/mol. The van der Waals surface area contributed by atoms with Gasteiger partial charge in [0, 0.05) is 6.20 Å². The fraction of sp³-hybridized carbons (Fsp3) is 0.267. The second-order valence-electron chi connectivity index (χ2n) is 4.40. The predicted octanol–water partition coefficient (Wildman–Crippen LogP) is 3.64. The van der Waals surface area contributed by atoms with Crippen LogP contribution in [0.15, 0.2) is 36.5 Å². The van der Waals surface area contributed by atoms with Gasteiger partial charge in [-0.05, 0) is 48.7 Å². The van der Waals surface area contributed by atoms with Gasteiger partial charge in [-0.1, -0.05) is 13.0 Å². The third-order valence-electron chi connectivity index (χ3n) is 3.03. The van der Waals surface area contributed by atoms with Gasteiger partial charge in [-0.2, -0.15) is 0 Å². The summed E-state index contributed by atoms with van der Waals surface area (Å²) in [6.45, 7) is 3.93. The summed E-state index contributed by atoms with van der Waals surface area (Å²) < 4.78 is 19.2. The summed E-state index contributed by atoms with van der Waals surface area (Å²) in [7, 11) is 0. The lowest BCUT2D eigenvalue weighted by atomic mass is 10.0. The summed E-state index contributed by atoms with van der Waals surface area (Å²) in [5.41, 5.74) is 7.59. The van der Waals surface area contributed by atoms with Crippen molar-refractivity contribution in [1.29, 1.82) is 0 Å². The maximum absolute atomic E-state index is 13.4. The number of hydrogen-bond acceptors (Lipinski definition) is 3. The molecule has 0 saturated heterocycles. The third kappa shape index (κ3) is 3.02. The smallest absolute Gasteiger partial charge is 0.166 e. The topological polar surface area (TPSA) is 48.1 Å². The summed E-state index contributed by atoms with van der Waals surface area (Å²) in [5.74, 6) is 0.606. The van der Waals surface area contributed by atoms with E-state index in [0.717, 1.165) is 17.5 Å². The molecule has 2 rings (SSSR count). The number of aromatic nitrogens is 1. The van der Waals surface area contributed by atoms with Crippen molar-refractivity contribution < 1.29 is 9.13 Å². The van der Waals surface area contributed by atoms with Gasteiger partial charge in [0.25, 0.3) is 0 Å². The highest BCUT2D eigenvalue weighted by molar-refractivity contribution is 5.45. The van der Waals surface area contributed by atoms with Crippen LogP contribution in [-0.4, -0.2) is 4.98 Å². The van der Waals surface area contributed by atoms with E-state index in [1.165, 1.54) is 12.1 Å². The molecule has 0 fully saturated rings. The molecule has 0 aliphatic heterocycles. The van der Waals surface area contributed by atoms with Gasteiger partial charge in [0.15, 0.2) is 11.6 Å². The van der Waals surface area contributed by atoms with Crippen molar-refractivity contribution in [2.75, 3.05) is 5.73 Å².